The van der Waals surface area contributed by atoms with Gasteiger partial charge in [-0.3, -0.25) is 0 Å². The second kappa shape index (κ2) is 10.1. The molecule has 1 aromatic carbocycles. The van der Waals surface area contributed by atoms with Crippen molar-refractivity contribution < 1.29 is 9.53 Å². The summed E-state index contributed by atoms with van der Waals surface area (Å²) >= 11 is 0. The van der Waals surface area contributed by atoms with Gasteiger partial charge in [-0.1, -0.05) is 26.7 Å². The zero-order valence-electron chi connectivity index (χ0n) is 13.5. The highest BCUT2D eigenvalue weighted by atomic mass is 16.5. The fourth-order valence-corrected chi connectivity index (χ4v) is 2.02. The van der Waals surface area contributed by atoms with Crippen LogP contribution in [0, 0.1) is 0 Å². The van der Waals surface area contributed by atoms with Gasteiger partial charge in [-0.05, 0) is 44.0 Å². The van der Waals surface area contributed by atoms with E-state index < -0.39 is 0 Å². The first-order chi connectivity index (χ1) is 10.2. The van der Waals surface area contributed by atoms with Crippen LogP contribution in [0.1, 0.15) is 46.5 Å². The standard InChI is InChI=1S/C17H28N2O2/c1-4-7-13-19(14-8-5-2)17(20)18-15-9-11-16(12-10-15)21-6-3/h9-12H,4-8,13-14H2,1-3H3,(H,18,20). The first kappa shape index (κ1) is 17.3. The molecule has 1 aromatic rings. The molecular formula is C17H28N2O2. The van der Waals surface area contributed by atoms with E-state index in [0.717, 1.165) is 50.2 Å². The molecule has 21 heavy (non-hydrogen) atoms. The van der Waals surface area contributed by atoms with Crippen LogP contribution in [0.25, 0.3) is 0 Å². The van der Waals surface area contributed by atoms with E-state index in [0.29, 0.717) is 6.61 Å². The Morgan fingerprint density at radius 3 is 2.10 bits per heavy atom. The minimum atomic E-state index is -0.0129. The van der Waals surface area contributed by atoms with Crippen LogP contribution in [-0.2, 0) is 0 Å². The summed E-state index contributed by atoms with van der Waals surface area (Å²) < 4.78 is 5.40. The summed E-state index contributed by atoms with van der Waals surface area (Å²) in [4.78, 5) is 14.2. The first-order valence-corrected chi connectivity index (χ1v) is 8.00. The van der Waals surface area contributed by atoms with Crippen molar-refractivity contribution in [1.29, 1.82) is 0 Å². The topological polar surface area (TPSA) is 41.6 Å². The molecule has 0 aliphatic heterocycles. The van der Waals surface area contributed by atoms with Crippen molar-refractivity contribution in [3.63, 3.8) is 0 Å². The van der Waals surface area contributed by atoms with E-state index in [1.807, 2.05) is 36.1 Å². The van der Waals surface area contributed by atoms with Crippen molar-refractivity contribution in [3.05, 3.63) is 24.3 Å². The molecule has 0 saturated heterocycles. The normalized spacial score (nSPS) is 10.2. The number of ether oxygens (including phenoxy) is 1. The van der Waals surface area contributed by atoms with Crippen molar-refractivity contribution in [2.75, 3.05) is 25.0 Å². The van der Waals surface area contributed by atoms with Gasteiger partial charge in [0.1, 0.15) is 5.75 Å². The molecule has 1 rings (SSSR count). The Hall–Kier alpha value is -1.71. The molecule has 0 fully saturated rings. The van der Waals surface area contributed by atoms with Gasteiger partial charge in [0, 0.05) is 18.8 Å². The second-order valence-electron chi connectivity index (χ2n) is 5.08. The lowest BCUT2D eigenvalue weighted by atomic mass is 10.2. The van der Waals surface area contributed by atoms with Crippen LogP contribution in [0.15, 0.2) is 24.3 Å². The number of amides is 2. The number of carbonyl (C=O) groups excluding carboxylic acids is 1. The van der Waals surface area contributed by atoms with Crippen molar-refractivity contribution in [2.24, 2.45) is 0 Å². The Balaban J connectivity index is 2.57. The number of nitrogens with zero attached hydrogens (tertiary/aromatic N) is 1. The molecule has 0 bridgehead atoms. The van der Waals surface area contributed by atoms with E-state index in [2.05, 4.69) is 19.2 Å². The quantitative estimate of drug-likeness (QED) is 0.727. The maximum Gasteiger partial charge on any atom is 0.321 e. The molecule has 2 amide bonds. The van der Waals surface area contributed by atoms with Gasteiger partial charge in [0.05, 0.1) is 6.61 Å². The molecule has 118 valence electrons. The lowest BCUT2D eigenvalue weighted by Crippen LogP contribution is -2.36. The van der Waals surface area contributed by atoms with Crippen LogP contribution in [0.2, 0.25) is 0 Å². The number of hydrogen-bond acceptors (Lipinski definition) is 2. The number of rotatable bonds is 9. The summed E-state index contributed by atoms with van der Waals surface area (Å²) in [5.74, 6) is 0.823. The van der Waals surface area contributed by atoms with Crippen LogP contribution in [-0.4, -0.2) is 30.6 Å². The van der Waals surface area contributed by atoms with Gasteiger partial charge in [-0.25, -0.2) is 4.79 Å². The summed E-state index contributed by atoms with van der Waals surface area (Å²) in [5.41, 5.74) is 0.807. The minimum Gasteiger partial charge on any atom is -0.494 e. The Labute approximate surface area is 128 Å². The van der Waals surface area contributed by atoms with Gasteiger partial charge in [0.15, 0.2) is 0 Å². The third kappa shape index (κ3) is 6.52. The lowest BCUT2D eigenvalue weighted by molar-refractivity contribution is 0.210. The molecule has 0 aliphatic carbocycles. The summed E-state index contributed by atoms with van der Waals surface area (Å²) in [7, 11) is 0. The number of benzene rings is 1. The van der Waals surface area contributed by atoms with Crippen molar-refractivity contribution in [2.45, 2.75) is 46.5 Å². The van der Waals surface area contributed by atoms with E-state index >= 15 is 0 Å². The lowest BCUT2D eigenvalue weighted by Gasteiger charge is -2.22. The summed E-state index contributed by atoms with van der Waals surface area (Å²) in [6.07, 6.45) is 4.28. The highest BCUT2D eigenvalue weighted by Crippen LogP contribution is 2.16. The maximum absolute atomic E-state index is 12.3. The molecule has 0 spiro atoms. The number of carbonyl (C=O) groups is 1. The van der Waals surface area contributed by atoms with Crippen molar-refractivity contribution in [3.8, 4) is 5.75 Å². The zero-order valence-corrected chi connectivity index (χ0v) is 13.5. The number of unbranched alkanes of at least 4 members (excludes halogenated alkanes) is 2. The predicted octanol–water partition coefficient (Wildman–Crippen LogP) is 4.52. The molecular weight excluding hydrogens is 264 g/mol. The SMILES string of the molecule is CCCCN(CCCC)C(=O)Nc1ccc(OCC)cc1. The molecule has 0 saturated carbocycles. The zero-order chi connectivity index (χ0) is 15.5. The largest absolute Gasteiger partial charge is 0.494 e. The van der Waals surface area contributed by atoms with Crippen LogP contribution >= 0.6 is 0 Å². The minimum absolute atomic E-state index is 0.0129. The highest BCUT2D eigenvalue weighted by Gasteiger charge is 2.12. The first-order valence-electron chi connectivity index (χ1n) is 8.00. The smallest absolute Gasteiger partial charge is 0.321 e. The molecule has 4 nitrogen and oxygen atoms in total. The summed E-state index contributed by atoms with van der Waals surface area (Å²) in [6.45, 7) is 8.52. The molecule has 0 unspecified atom stereocenters. The number of hydrogen-bond donors (Lipinski definition) is 1. The second-order valence-corrected chi connectivity index (χ2v) is 5.08. The van der Waals surface area contributed by atoms with Crippen LogP contribution in [0.5, 0.6) is 5.75 Å². The average molecular weight is 292 g/mol. The number of nitrogens with one attached hydrogen (secondary N) is 1. The fraction of sp³-hybridized carbons (Fsp3) is 0.588. The molecule has 4 heteroatoms. The van der Waals surface area contributed by atoms with Gasteiger partial charge in [0.2, 0.25) is 0 Å². The molecule has 0 aromatic heterocycles. The van der Waals surface area contributed by atoms with E-state index in [-0.39, 0.29) is 6.03 Å². The number of anilines is 1. The third-order valence-electron chi connectivity index (χ3n) is 3.27. The Bertz CT molecular complexity index is 396. The van der Waals surface area contributed by atoms with E-state index in [1.165, 1.54) is 0 Å². The van der Waals surface area contributed by atoms with E-state index in [9.17, 15) is 4.79 Å². The fourth-order valence-electron chi connectivity index (χ4n) is 2.02. The average Bonchev–Trinajstić information content (AvgIpc) is 2.49. The Kier molecular flexibility index (Phi) is 8.32. The van der Waals surface area contributed by atoms with Gasteiger partial charge < -0.3 is 15.0 Å². The Morgan fingerprint density at radius 1 is 1.05 bits per heavy atom. The molecule has 0 aliphatic rings. The summed E-state index contributed by atoms with van der Waals surface area (Å²) in [6, 6.07) is 7.49. The third-order valence-corrected chi connectivity index (χ3v) is 3.27. The van der Waals surface area contributed by atoms with Gasteiger partial charge >= 0.3 is 6.03 Å². The summed E-state index contributed by atoms with van der Waals surface area (Å²) in [5, 5.41) is 2.96. The van der Waals surface area contributed by atoms with Crippen molar-refractivity contribution in [1.82, 2.24) is 4.90 Å². The molecule has 0 atom stereocenters. The van der Waals surface area contributed by atoms with Gasteiger partial charge in [0.25, 0.3) is 0 Å². The van der Waals surface area contributed by atoms with Gasteiger partial charge in [-0.15, -0.1) is 0 Å². The highest BCUT2D eigenvalue weighted by molar-refractivity contribution is 5.89. The Morgan fingerprint density at radius 2 is 1.62 bits per heavy atom. The van der Waals surface area contributed by atoms with Crippen LogP contribution in [0.4, 0.5) is 10.5 Å². The predicted molar refractivity (Wildman–Crippen MR) is 88.0 cm³/mol. The molecule has 0 heterocycles. The van der Waals surface area contributed by atoms with E-state index in [4.69, 9.17) is 4.74 Å². The number of urea groups is 1. The van der Waals surface area contributed by atoms with Crippen molar-refractivity contribution >= 4 is 11.7 Å². The molecule has 1 N–H and O–H groups in total. The van der Waals surface area contributed by atoms with E-state index in [1.54, 1.807) is 0 Å². The van der Waals surface area contributed by atoms with Crippen LogP contribution < -0.4 is 10.1 Å². The molecule has 0 radical (unpaired) electrons. The van der Waals surface area contributed by atoms with Gasteiger partial charge in [-0.2, -0.15) is 0 Å². The maximum atomic E-state index is 12.3. The monoisotopic (exact) mass is 292 g/mol. The van der Waals surface area contributed by atoms with Crippen LogP contribution in [0.3, 0.4) is 0 Å².